The van der Waals surface area contributed by atoms with Crippen LogP contribution in [0.25, 0.3) is 11.1 Å². The maximum atomic E-state index is 12.8. The summed E-state index contributed by atoms with van der Waals surface area (Å²) in [5.41, 5.74) is 4.17. The number of hydrogen-bond donors (Lipinski definition) is 1. The van der Waals surface area contributed by atoms with Crippen LogP contribution in [-0.2, 0) is 24.7 Å². The molecular weight excluding hydrogens is 317 g/mol. The summed E-state index contributed by atoms with van der Waals surface area (Å²) >= 11 is 0. The standard InChI is InChI=1S/C20H20FN3O/c1-24-14-18(13-23-24)17-6-2-15(3-7-17)10-11-22-20(25)12-16-4-8-19(21)9-5-16/h2-9,13-14H,10-12H2,1H3,(H,22,25). The highest BCUT2D eigenvalue weighted by Crippen LogP contribution is 2.18. The largest absolute Gasteiger partial charge is 0.355 e. The number of nitrogens with zero attached hydrogens (tertiary/aromatic N) is 2. The summed E-state index contributed by atoms with van der Waals surface area (Å²) in [6, 6.07) is 14.2. The molecular formula is C20H20FN3O. The molecule has 0 saturated carbocycles. The Morgan fingerprint density at radius 1 is 1.04 bits per heavy atom. The van der Waals surface area contributed by atoms with E-state index in [1.807, 2.05) is 19.4 Å². The smallest absolute Gasteiger partial charge is 0.224 e. The summed E-state index contributed by atoms with van der Waals surface area (Å²) in [5.74, 6) is -0.350. The van der Waals surface area contributed by atoms with Crippen molar-refractivity contribution in [2.75, 3.05) is 6.54 Å². The van der Waals surface area contributed by atoms with E-state index in [1.54, 1.807) is 16.8 Å². The van der Waals surface area contributed by atoms with Crippen molar-refractivity contribution in [2.45, 2.75) is 12.8 Å². The number of benzene rings is 2. The van der Waals surface area contributed by atoms with Gasteiger partial charge in [-0.3, -0.25) is 9.48 Å². The summed E-state index contributed by atoms with van der Waals surface area (Å²) in [6.45, 7) is 0.576. The second-order valence-corrected chi connectivity index (χ2v) is 6.00. The van der Waals surface area contributed by atoms with E-state index >= 15 is 0 Å². The van der Waals surface area contributed by atoms with Crippen LogP contribution in [0.2, 0.25) is 0 Å². The van der Waals surface area contributed by atoms with Gasteiger partial charge in [0.1, 0.15) is 5.82 Å². The van der Waals surface area contributed by atoms with Crippen molar-refractivity contribution < 1.29 is 9.18 Å². The third-order valence-corrected chi connectivity index (χ3v) is 4.01. The van der Waals surface area contributed by atoms with Gasteiger partial charge in [-0.05, 0) is 35.2 Å². The molecule has 5 heteroatoms. The predicted molar refractivity (Wildman–Crippen MR) is 95.5 cm³/mol. The fourth-order valence-corrected chi connectivity index (χ4v) is 2.63. The number of amides is 1. The number of carbonyl (C=O) groups excluding carboxylic acids is 1. The Kier molecular flexibility index (Phi) is 5.23. The Balaban J connectivity index is 1.47. The third kappa shape index (κ3) is 4.76. The van der Waals surface area contributed by atoms with Gasteiger partial charge in [-0.15, -0.1) is 0 Å². The molecule has 0 saturated heterocycles. The average molecular weight is 337 g/mol. The van der Waals surface area contributed by atoms with E-state index in [-0.39, 0.29) is 18.1 Å². The Bertz CT molecular complexity index is 838. The van der Waals surface area contributed by atoms with Crippen LogP contribution in [0.1, 0.15) is 11.1 Å². The summed E-state index contributed by atoms with van der Waals surface area (Å²) in [5, 5.41) is 7.07. The Morgan fingerprint density at radius 2 is 1.72 bits per heavy atom. The highest BCUT2D eigenvalue weighted by atomic mass is 19.1. The molecule has 4 nitrogen and oxygen atoms in total. The van der Waals surface area contributed by atoms with Crippen LogP contribution >= 0.6 is 0 Å². The van der Waals surface area contributed by atoms with Crippen LogP contribution in [0.4, 0.5) is 4.39 Å². The summed E-state index contributed by atoms with van der Waals surface area (Å²) in [7, 11) is 1.90. The van der Waals surface area contributed by atoms with Crippen LogP contribution in [-0.4, -0.2) is 22.2 Å². The molecule has 128 valence electrons. The number of carbonyl (C=O) groups is 1. The fourth-order valence-electron chi connectivity index (χ4n) is 2.63. The van der Waals surface area contributed by atoms with E-state index in [1.165, 1.54) is 12.1 Å². The summed E-state index contributed by atoms with van der Waals surface area (Å²) in [4.78, 5) is 11.9. The van der Waals surface area contributed by atoms with Gasteiger partial charge in [0.2, 0.25) is 5.91 Å². The first-order valence-electron chi connectivity index (χ1n) is 8.19. The van der Waals surface area contributed by atoms with Gasteiger partial charge < -0.3 is 5.32 Å². The fraction of sp³-hybridized carbons (Fsp3) is 0.200. The Morgan fingerprint density at radius 3 is 2.36 bits per heavy atom. The molecule has 0 radical (unpaired) electrons. The number of aryl methyl sites for hydroxylation is 1. The molecule has 2 aromatic carbocycles. The van der Waals surface area contributed by atoms with Crippen molar-refractivity contribution in [1.29, 1.82) is 0 Å². The zero-order valence-corrected chi connectivity index (χ0v) is 14.1. The van der Waals surface area contributed by atoms with Gasteiger partial charge in [-0.25, -0.2) is 4.39 Å². The van der Waals surface area contributed by atoms with Crippen LogP contribution in [0.5, 0.6) is 0 Å². The van der Waals surface area contributed by atoms with Crippen LogP contribution in [0, 0.1) is 5.82 Å². The highest BCUT2D eigenvalue weighted by Gasteiger charge is 2.04. The lowest BCUT2D eigenvalue weighted by atomic mass is 10.1. The minimum absolute atomic E-state index is 0.0569. The zero-order chi connectivity index (χ0) is 17.6. The lowest BCUT2D eigenvalue weighted by Gasteiger charge is -2.06. The Hall–Kier alpha value is -2.95. The molecule has 1 heterocycles. The minimum Gasteiger partial charge on any atom is -0.355 e. The molecule has 0 fully saturated rings. The van der Waals surface area contributed by atoms with E-state index in [0.29, 0.717) is 6.54 Å². The molecule has 0 unspecified atom stereocenters. The number of aromatic nitrogens is 2. The van der Waals surface area contributed by atoms with Gasteiger partial charge in [0.25, 0.3) is 0 Å². The van der Waals surface area contributed by atoms with Gasteiger partial charge in [-0.2, -0.15) is 5.10 Å². The molecule has 0 aliphatic carbocycles. The number of hydrogen-bond acceptors (Lipinski definition) is 2. The van der Waals surface area contributed by atoms with Crippen LogP contribution in [0.15, 0.2) is 60.9 Å². The van der Waals surface area contributed by atoms with Crippen LogP contribution in [0.3, 0.4) is 0 Å². The minimum atomic E-state index is -0.293. The van der Waals surface area contributed by atoms with E-state index in [2.05, 4.69) is 34.7 Å². The zero-order valence-electron chi connectivity index (χ0n) is 14.1. The molecule has 1 N–H and O–H groups in total. The number of halogens is 1. The summed E-state index contributed by atoms with van der Waals surface area (Å²) < 4.78 is 14.6. The monoisotopic (exact) mass is 337 g/mol. The molecule has 1 amide bonds. The lowest BCUT2D eigenvalue weighted by molar-refractivity contribution is -0.120. The third-order valence-electron chi connectivity index (χ3n) is 4.01. The van der Waals surface area contributed by atoms with Gasteiger partial charge >= 0.3 is 0 Å². The number of nitrogens with one attached hydrogen (secondary N) is 1. The first-order chi connectivity index (χ1) is 12.1. The van der Waals surface area contributed by atoms with Crippen molar-refractivity contribution in [3.8, 4) is 11.1 Å². The maximum absolute atomic E-state index is 12.8. The second-order valence-electron chi connectivity index (χ2n) is 6.00. The normalized spacial score (nSPS) is 10.6. The molecule has 0 spiro atoms. The molecule has 3 rings (SSSR count). The van der Waals surface area contributed by atoms with Gasteiger partial charge in [0.15, 0.2) is 0 Å². The highest BCUT2D eigenvalue weighted by molar-refractivity contribution is 5.78. The van der Waals surface area contributed by atoms with E-state index in [4.69, 9.17) is 0 Å². The first-order valence-corrected chi connectivity index (χ1v) is 8.19. The van der Waals surface area contributed by atoms with Gasteiger partial charge in [-0.1, -0.05) is 36.4 Å². The molecule has 0 aliphatic rings. The maximum Gasteiger partial charge on any atom is 0.224 e. The van der Waals surface area contributed by atoms with Crippen molar-refractivity contribution in [2.24, 2.45) is 7.05 Å². The van der Waals surface area contributed by atoms with E-state index < -0.39 is 0 Å². The second kappa shape index (κ2) is 7.75. The predicted octanol–water partition coefficient (Wildman–Crippen LogP) is 3.13. The van der Waals surface area contributed by atoms with E-state index in [0.717, 1.165) is 28.7 Å². The SMILES string of the molecule is Cn1cc(-c2ccc(CCNC(=O)Cc3ccc(F)cc3)cc2)cn1. The molecule has 3 aromatic rings. The number of rotatable bonds is 6. The summed E-state index contributed by atoms with van der Waals surface area (Å²) in [6.07, 6.45) is 4.85. The molecule has 0 atom stereocenters. The molecule has 25 heavy (non-hydrogen) atoms. The van der Waals surface area contributed by atoms with E-state index in [9.17, 15) is 9.18 Å². The van der Waals surface area contributed by atoms with Gasteiger partial charge in [0.05, 0.1) is 12.6 Å². The molecule has 1 aromatic heterocycles. The molecule has 0 aliphatic heterocycles. The van der Waals surface area contributed by atoms with Crippen LogP contribution < -0.4 is 5.32 Å². The quantitative estimate of drug-likeness (QED) is 0.751. The topological polar surface area (TPSA) is 46.9 Å². The molecule has 0 bridgehead atoms. The first kappa shape index (κ1) is 16.9. The van der Waals surface area contributed by atoms with Crippen molar-refractivity contribution in [3.63, 3.8) is 0 Å². The Labute approximate surface area is 146 Å². The van der Waals surface area contributed by atoms with Gasteiger partial charge in [0, 0.05) is 25.4 Å². The lowest BCUT2D eigenvalue weighted by Crippen LogP contribution is -2.27. The van der Waals surface area contributed by atoms with Crippen molar-refractivity contribution >= 4 is 5.91 Å². The van der Waals surface area contributed by atoms with Crippen molar-refractivity contribution in [3.05, 3.63) is 77.9 Å². The van der Waals surface area contributed by atoms with Crippen molar-refractivity contribution in [1.82, 2.24) is 15.1 Å². The average Bonchev–Trinajstić information content (AvgIpc) is 3.04.